The lowest BCUT2D eigenvalue weighted by atomic mass is 9.88. The molecule has 0 radical (unpaired) electrons. The first-order valence-corrected chi connectivity index (χ1v) is 14.0. The van der Waals surface area contributed by atoms with Crippen molar-refractivity contribution in [3.63, 3.8) is 0 Å². The molecule has 2 fully saturated rings. The number of hydrogen-bond donors (Lipinski definition) is 2. The summed E-state index contributed by atoms with van der Waals surface area (Å²) in [6, 6.07) is 3.50. The number of anilines is 2. The number of hydrogen-bond acceptors (Lipinski definition) is 10. The van der Waals surface area contributed by atoms with E-state index in [1.165, 1.54) is 12.4 Å². The number of nitrogens with zero attached hydrogens (tertiary/aromatic N) is 7. The summed E-state index contributed by atoms with van der Waals surface area (Å²) < 4.78 is 27.6. The first-order valence-electron chi connectivity index (χ1n) is 12.5. The van der Waals surface area contributed by atoms with Crippen molar-refractivity contribution in [1.82, 2.24) is 39.2 Å². The number of aromatic nitrogens is 7. The predicted molar refractivity (Wildman–Crippen MR) is 143 cm³/mol. The number of aryl methyl sites for hydroxylation is 1. The Labute approximate surface area is 225 Å². The lowest BCUT2D eigenvalue weighted by Gasteiger charge is -2.23. The SMILES string of the molecule is Cn1cc(C#Cc2cnc(Nc3ccnc(-c4cnn(S(=O)(=O)C5CC5)c4)n3)cc2C2CNCCC2=O)cn1. The molecule has 2 aliphatic rings. The van der Waals surface area contributed by atoms with Gasteiger partial charge in [0, 0.05) is 50.7 Å². The summed E-state index contributed by atoms with van der Waals surface area (Å²) in [6.45, 7) is 1.18. The minimum absolute atomic E-state index is 0.151. The van der Waals surface area contributed by atoms with Crippen LogP contribution in [0.2, 0.25) is 0 Å². The van der Waals surface area contributed by atoms with Crippen LogP contribution in [0.15, 0.2) is 49.3 Å². The molecular weight excluding hydrogens is 518 g/mol. The van der Waals surface area contributed by atoms with Crippen LogP contribution in [0.25, 0.3) is 11.4 Å². The molecule has 1 saturated carbocycles. The third-order valence-corrected chi connectivity index (χ3v) is 8.61. The Morgan fingerprint density at radius 3 is 2.72 bits per heavy atom. The van der Waals surface area contributed by atoms with E-state index in [9.17, 15) is 13.2 Å². The highest BCUT2D eigenvalue weighted by Gasteiger charge is 2.37. The van der Waals surface area contributed by atoms with E-state index in [1.54, 1.807) is 29.3 Å². The molecule has 2 N–H and O–H groups in total. The molecular formula is C26H25N9O3S. The maximum Gasteiger partial charge on any atom is 0.256 e. The third-order valence-electron chi connectivity index (χ3n) is 6.58. The highest BCUT2D eigenvalue weighted by molar-refractivity contribution is 7.90. The number of carbonyl (C=O) groups excluding carboxylic acids is 1. The van der Waals surface area contributed by atoms with Crippen LogP contribution in [-0.4, -0.2) is 66.5 Å². The van der Waals surface area contributed by atoms with Gasteiger partial charge in [0.15, 0.2) is 5.82 Å². The van der Waals surface area contributed by atoms with Crippen LogP contribution in [0.3, 0.4) is 0 Å². The van der Waals surface area contributed by atoms with Gasteiger partial charge in [0.1, 0.15) is 17.4 Å². The molecule has 0 bridgehead atoms. The Balaban J connectivity index is 1.29. The molecule has 1 unspecified atom stereocenters. The van der Waals surface area contributed by atoms with Crippen molar-refractivity contribution in [3.05, 3.63) is 66.0 Å². The highest BCUT2D eigenvalue weighted by Crippen LogP contribution is 2.30. The van der Waals surface area contributed by atoms with Gasteiger partial charge >= 0.3 is 0 Å². The van der Waals surface area contributed by atoms with Gasteiger partial charge in [-0.25, -0.2) is 23.4 Å². The van der Waals surface area contributed by atoms with Crippen molar-refractivity contribution in [1.29, 1.82) is 0 Å². The molecule has 4 aromatic heterocycles. The van der Waals surface area contributed by atoms with Gasteiger partial charge in [-0.05, 0) is 30.5 Å². The van der Waals surface area contributed by atoms with Crippen molar-refractivity contribution in [2.45, 2.75) is 30.4 Å². The Kier molecular flexibility index (Phi) is 6.41. The molecule has 0 amide bonds. The van der Waals surface area contributed by atoms with E-state index in [0.717, 1.165) is 15.2 Å². The standard InChI is InChI=1S/C26H25N9O3S/c1-34-15-17(11-30-34)2-3-18-12-29-25(10-21(18)22-14-27-8-6-23(22)36)32-24-7-9-28-26(33-24)19-13-31-35(16-19)39(37,38)20-4-5-20/h7,9-13,15-16,20,22,27H,4-6,8,14H2,1H3,(H,28,29,32,33). The average Bonchev–Trinajstić information content (AvgIpc) is 3.53. The predicted octanol–water partition coefficient (Wildman–Crippen LogP) is 1.60. The number of rotatable bonds is 6. The molecule has 1 atom stereocenters. The van der Waals surface area contributed by atoms with Crippen LogP contribution < -0.4 is 10.6 Å². The fraction of sp³-hybridized carbons (Fsp3) is 0.308. The fourth-order valence-corrected chi connectivity index (χ4v) is 5.84. The monoisotopic (exact) mass is 543 g/mol. The largest absolute Gasteiger partial charge is 0.325 e. The van der Waals surface area contributed by atoms with Crippen molar-refractivity contribution in [2.24, 2.45) is 7.05 Å². The van der Waals surface area contributed by atoms with Gasteiger partial charge in [-0.3, -0.25) is 9.48 Å². The van der Waals surface area contributed by atoms with Crippen LogP contribution in [0.1, 0.15) is 41.9 Å². The van der Waals surface area contributed by atoms with E-state index in [0.29, 0.717) is 60.9 Å². The molecule has 12 nitrogen and oxygen atoms in total. The van der Waals surface area contributed by atoms with E-state index in [-0.39, 0.29) is 17.0 Å². The van der Waals surface area contributed by atoms with E-state index >= 15 is 0 Å². The van der Waals surface area contributed by atoms with E-state index in [1.807, 2.05) is 19.3 Å². The van der Waals surface area contributed by atoms with Crippen LogP contribution in [0, 0.1) is 11.8 Å². The number of Topliss-reactive ketones (excluding diaryl/α,β-unsaturated/α-hetero) is 1. The van der Waals surface area contributed by atoms with Crippen LogP contribution in [0.4, 0.5) is 11.6 Å². The Bertz CT molecular complexity index is 1730. The number of ketones is 1. The number of carbonyl (C=O) groups is 1. The second kappa shape index (κ2) is 10.0. The summed E-state index contributed by atoms with van der Waals surface area (Å²) in [5.41, 5.74) is 2.69. The molecule has 5 heterocycles. The summed E-state index contributed by atoms with van der Waals surface area (Å²) in [4.78, 5) is 26.1. The zero-order valence-electron chi connectivity index (χ0n) is 21.1. The maximum atomic E-state index is 12.8. The van der Waals surface area contributed by atoms with Gasteiger partial charge in [0.25, 0.3) is 10.0 Å². The molecule has 198 valence electrons. The lowest BCUT2D eigenvalue weighted by molar-refractivity contribution is -0.121. The first kappa shape index (κ1) is 24.9. The molecule has 13 heteroatoms. The van der Waals surface area contributed by atoms with Gasteiger partial charge in [0.2, 0.25) is 0 Å². The van der Waals surface area contributed by atoms with Crippen molar-refractivity contribution in [3.8, 4) is 23.2 Å². The fourth-order valence-electron chi connectivity index (χ4n) is 4.36. The van der Waals surface area contributed by atoms with E-state index < -0.39 is 10.0 Å². The van der Waals surface area contributed by atoms with Gasteiger partial charge in [-0.2, -0.15) is 14.3 Å². The Hall–Kier alpha value is -4.41. The molecule has 4 aromatic rings. The van der Waals surface area contributed by atoms with Crippen molar-refractivity contribution < 1.29 is 13.2 Å². The molecule has 0 spiro atoms. The summed E-state index contributed by atoms with van der Waals surface area (Å²) >= 11 is 0. The lowest BCUT2D eigenvalue weighted by Crippen LogP contribution is -2.35. The third kappa shape index (κ3) is 5.29. The minimum Gasteiger partial charge on any atom is -0.325 e. The Morgan fingerprint density at radius 1 is 1.08 bits per heavy atom. The summed E-state index contributed by atoms with van der Waals surface area (Å²) in [5, 5.41) is 14.3. The maximum absolute atomic E-state index is 12.8. The molecule has 39 heavy (non-hydrogen) atoms. The van der Waals surface area contributed by atoms with Crippen molar-refractivity contribution in [2.75, 3.05) is 18.4 Å². The molecule has 1 saturated heterocycles. The van der Waals surface area contributed by atoms with E-state index in [2.05, 4.69) is 47.6 Å². The van der Waals surface area contributed by atoms with Crippen LogP contribution in [-0.2, 0) is 21.9 Å². The zero-order chi connectivity index (χ0) is 27.0. The quantitative estimate of drug-likeness (QED) is 0.343. The second-order valence-corrected chi connectivity index (χ2v) is 11.6. The van der Waals surface area contributed by atoms with Gasteiger partial charge in [0.05, 0.1) is 40.9 Å². The van der Waals surface area contributed by atoms with Crippen molar-refractivity contribution >= 4 is 27.4 Å². The van der Waals surface area contributed by atoms with Gasteiger partial charge < -0.3 is 10.6 Å². The number of pyridine rings is 1. The van der Waals surface area contributed by atoms with Crippen LogP contribution in [0.5, 0.6) is 0 Å². The molecule has 1 aliphatic heterocycles. The van der Waals surface area contributed by atoms with E-state index in [4.69, 9.17) is 0 Å². The summed E-state index contributed by atoms with van der Waals surface area (Å²) in [7, 11) is -1.66. The minimum atomic E-state index is -3.48. The van der Waals surface area contributed by atoms with Gasteiger partial charge in [-0.15, -0.1) is 0 Å². The highest BCUT2D eigenvalue weighted by atomic mass is 32.2. The second-order valence-electron chi connectivity index (χ2n) is 9.52. The molecule has 1 aliphatic carbocycles. The first-order chi connectivity index (χ1) is 18.9. The molecule has 0 aromatic carbocycles. The smallest absolute Gasteiger partial charge is 0.256 e. The average molecular weight is 544 g/mol. The number of nitrogens with one attached hydrogen (secondary N) is 2. The zero-order valence-corrected chi connectivity index (χ0v) is 21.9. The summed E-state index contributed by atoms with van der Waals surface area (Å²) in [5.74, 6) is 7.33. The summed E-state index contributed by atoms with van der Waals surface area (Å²) in [6.07, 6.45) is 11.3. The molecule has 6 rings (SSSR count). The van der Waals surface area contributed by atoms with Gasteiger partial charge in [-0.1, -0.05) is 11.8 Å². The number of piperidine rings is 1. The van der Waals surface area contributed by atoms with Crippen LogP contribution >= 0.6 is 0 Å². The Morgan fingerprint density at radius 2 is 1.95 bits per heavy atom. The normalized spacial score (nSPS) is 17.5. The topological polar surface area (TPSA) is 150 Å².